The van der Waals surface area contributed by atoms with Gasteiger partial charge in [-0.25, -0.2) is 9.07 Å². The fourth-order valence-corrected chi connectivity index (χ4v) is 2.50. The maximum absolute atomic E-state index is 13.0. The number of benzene rings is 2. The summed E-state index contributed by atoms with van der Waals surface area (Å²) in [6, 6.07) is 13.8. The number of carbonyl (C=O) groups excluding carboxylic acids is 1. The van der Waals surface area contributed by atoms with E-state index in [1.54, 1.807) is 42.1 Å². The molecule has 5 nitrogen and oxygen atoms in total. The van der Waals surface area contributed by atoms with Crippen molar-refractivity contribution in [2.24, 2.45) is 0 Å². The van der Waals surface area contributed by atoms with Crippen LogP contribution in [0.3, 0.4) is 0 Å². The smallest absolute Gasteiger partial charge is 0.251 e. The van der Waals surface area contributed by atoms with Crippen LogP contribution in [0, 0.1) is 5.82 Å². The van der Waals surface area contributed by atoms with Gasteiger partial charge in [0, 0.05) is 18.0 Å². The Bertz CT molecular complexity index is 830. The third-order valence-electron chi connectivity index (χ3n) is 3.94. The Hall–Kier alpha value is -2.99. The molecule has 0 saturated carbocycles. The largest absolute Gasteiger partial charge is 0.386 e. The molecule has 0 spiro atoms. The highest BCUT2D eigenvalue weighted by Gasteiger charge is 2.19. The summed E-state index contributed by atoms with van der Waals surface area (Å²) in [7, 11) is 0. The average molecular weight is 339 g/mol. The van der Waals surface area contributed by atoms with Gasteiger partial charge in [-0.2, -0.15) is 5.10 Å². The lowest BCUT2D eigenvalue weighted by molar-refractivity contribution is 0.0852. The van der Waals surface area contributed by atoms with Crippen molar-refractivity contribution in [3.63, 3.8) is 0 Å². The first kappa shape index (κ1) is 16.9. The molecular weight excluding hydrogens is 321 g/mol. The molecule has 2 unspecified atom stereocenters. The molecule has 2 aromatic carbocycles. The molecule has 1 amide bonds. The van der Waals surface area contributed by atoms with Gasteiger partial charge in [0.15, 0.2) is 0 Å². The Morgan fingerprint density at radius 1 is 1.16 bits per heavy atom. The zero-order chi connectivity index (χ0) is 17.8. The second-order valence-electron chi connectivity index (χ2n) is 5.76. The van der Waals surface area contributed by atoms with Crippen LogP contribution in [-0.2, 0) is 0 Å². The molecule has 0 aliphatic rings. The van der Waals surface area contributed by atoms with E-state index in [1.165, 1.54) is 24.3 Å². The van der Waals surface area contributed by atoms with E-state index in [0.717, 1.165) is 5.69 Å². The molecule has 0 radical (unpaired) electrons. The summed E-state index contributed by atoms with van der Waals surface area (Å²) in [6.45, 7) is 1.70. The maximum atomic E-state index is 13.0. The predicted molar refractivity (Wildman–Crippen MR) is 91.9 cm³/mol. The number of carbonyl (C=O) groups is 1. The van der Waals surface area contributed by atoms with Crippen LogP contribution in [0.2, 0.25) is 0 Å². The van der Waals surface area contributed by atoms with Crippen LogP contribution < -0.4 is 5.32 Å². The molecule has 0 aliphatic heterocycles. The molecule has 1 heterocycles. The number of amides is 1. The summed E-state index contributed by atoms with van der Waals surface area (Å²) in [4.78, 5) is 12.3. The highest BCUT2D eigenvalue weighted by atomic mass is 19.1. The van der Waals surface area contributed by atoms with Crippen molar-refractivity contribution in [2.45, 2.75) is 19.1 Å². The topological polar surface area (TPSA) is 67.2 Å². The Kier molecular flexibility index (Phi) is 4.90. The Labute approximate surface area is 144 Å². The van der Waals surface area contributed by atoms with Gasteiger partial charge in [0.05, 0.1) is 17.8 Å². The first-order chi connectivity index (χ1) is 12.0. The van der Waals surface area contributed by atoms with E-state index in [-0.39, 0.29) is 11.7 Å². The van der Waals surface area contributed by atoms with Crippen molar-refractivity contribution in [2.75, 3.05) is 0 Å². The SMILES string of the molecule is CC(NC(=O)c1ccc(-n2cccn2)cc1)C(O)c1ccc(F)cc1. The number of hydrogen-bond acceptors (Lipinski definition) is 3. The number of aromatic nitrogens is 2. The van der Waals surface area contributed by atoms with E-state index in [1.807, 2.05) is 12.3 Å². The minimum atomic E-state index is -0.923. The Morgan fingerprint density at radius 3 is 2.44 bits per heavy atom. The minimum Gasteiger partial charge on any atom is -0.386 e. The van der Waals surface area contributed by atoms with E-state index in [9.17, 15) is 14.3 Å². The number of hydrogen-bond donors (Lipinski definition) is 2. The molecule has 6 heteroatoms. The summed E-state index contributed by atoms with van der Waals surface area (Å²) < 4.78 is 14.7. The fraction of sp³-hybridized carbons (Fsp3) is 0.158. The molecule has 3 aromatic rings. The molecule has 3 rings (SSSR count). The van der Waals surface area contributed by atoms with E-state index in [4.69, 9.17) is 0 Å². The zero-order valence-electron chi connectivity index (χ0n) is 13.6. The Morgan fingerprint density at radius 2 is 1.84 bits per heavy atom. The monoisotopic (exact) mass is 339 g/mol. The fourth-order valence-electron chi connectivity index (χ4n) is 2.50. The van der Waals surface area contributed by atoms with Gasteiger partial charge in [0.25, 0.3) is 5.91 Å². The van der Waals surface area contributed by atoms with Crippen LogP contribution in [0.25, 0.3) is 5.69 Å². The van der Waals surface area contributed by atoms with Crippen molar-refractivity contribution >= 4 is 5.91 Å². The van der Waals surface area contributed by atoms with E-state index in [0.29, 0.717) is 11.1 Å². The van der Waals surface area contributed by atoms with E-state index in [2.05, 4.69) is 10.4 Å². The van der Waals surface area contributed by atoms with E-state index >= 15 is 0 Å². The van der Waals surface area contributed by atoms with Gasteiger partial charge in [0.2, 0.25) is 0 Å². The predicted octanol–water partition coefficient (Wildman–Crippen LogP) is 2.86. The summed E-state index contributed by atoms with van der Waals surface area (Å²) in [6.07, 6.45) is 2.57. The summed E-state index contributed by atoms with van der Waals surface area (Å²) in [5.41, 5.74) is 1.87. The van der Waals surface area contributed by atoms with Crippen LogP contribution in [-0.4, -0.2) is 26.8 Å². The average Bonchev–Trinajstić information content (AvgIpc) is 3.16. The molecule has 128 valence electrons. The molecular formula is C19H18FN3O2. The lowest BCUT2D eigenvalue weighted by Gasteiger charge is -2.20. The van der Waals surface area contributed by atoms with Crippen molar-refractivity contribution in [1.29, 1.82) is 0 Å². The normalized spacial score (nSPS) is 13.2. The highest BCUT2D eigenvalue weighted by Crippen LogP contribution is 2.18. The lowest BCUT2D eigenvalue weighted by Crippen LogP contribution is -2.37. The van der Waals surface area contributed by atoms with Crippen LogP contribution in [0.5, 0.6) is 0 Å². The molecule has 0 aliphatic carbocycles. The quantitative estimate of drug-likeness (QED) is 0.751. The first-order valence-electron chi connectivity index (χ1n) is 7.89. The van der Waals surface area contributed by atoms with Crippen molar-refractivity contribution < 1.29 is 14.3 Å². The third-order valence-corrected chi connectivity index (χ3v) is 3.94. The maximum Gasteiger partial charge on any atom is 0.251 e. The molecule has 1 aromatic heterocycles. The summed E-state index contributed by atoms with van der Waals surface area (Å²) >= 11 is 0. The molecule has 2 atom stereocenters. The van der Waals surface area contributed by atoms with Gasteiger partial charge in [0.1, 0.15) is 5.82 Å². The molecule has 0 fully saturated rings. The van der Waals surface area contributed by atoms with Crippen LogP contribution in [0.1, 0.15) is 28.9 Å². The number of nitrogens with one attached hydrogen (secondary N) is 1. The van der Waals surface area contributed by atoms with Crippen molar-refractivity contribution in [3.05, 3.63) is 83.9 Å². The number of nitrogens with zero attached hydrogens (tertiary/aromatic N) is 2. The van der Waals surface area contributed by atoms with E-state index < -0.39 is 12.1 Å². The third kappa shape index (κ3) is 3.92. The van der Waals surface area contributed by atoms with Crippen molar-refractivity contribution in [1.82, 2.24) is 15.1 Å². The van der Waals surface area contributed by atoms with Gasteiger partial charge in [-0.3, -0.25) is 4.79 Å². The summed E-state index contributed by atoms with van der Waals surface area (Å²) in [5.74, 6) is -0.661. The highest BCUT2D eigenvalue weighted by molar-refractivity contribution is 5.94. The molecule has 0 bridgehead atoms. The first-order valence-corrected chi connectivity index (χ1v) is 7.89. The zero-order valence-corrected chi connectivity index (χ0v) is 13.6. The second-order valence-corrected chi connectivity index (χ2v) is 5.76. The van der Waals surface area contributed by atoms with Crippen LogP contribution in [0.15, 0.2) is 67.0 Å². The molecule has 0 saturated heterocycles. The summed E-state index contributed by atoms with van der Waals surface area (Å²) in [5, 5.41) is 17.2. The van der Waals surface area contributed by atoms with Gasteiger partial charge in [-0.1, -0.05) is 12.1 Å². The van der Waals surface area contributed by atoms with Crippen LogP contribution in [0.4, 0.5) is 4.39 Å². The number of aliphatic hydroxyl groups is 1. The molecule has 2 N–H and O–H groups in total. The number of rotatable bonds is 5. The number of aliphatic hydroxyl groups excluding tert-OH is 1. The van der Waals surface area contributed by atoms with Gasteiger partial charge in [-0.05, 0) is 55.0 Å². The Balaban J connectivity index is 1.65. The second kappa shape index (κ2) is 7.27. The van der Waals surface area contributed by atoms with Gasteiger partial charge < -0.3 is 10.4 Å². The lowest BCUT2D eigenvalue weighted by atomic mass is 10.0. The standard InChI is InChI=1S/C19H18FN3O2/c1-13(18(24)14-3-7-16(20)8-4-14)22-19(25)15-5-9-17(10-6-15)23-12-2-11-21-23/h2-13,18,24H,1H3,(H,22,25). The molecule has 25 heavy (non-hydrogen) atoms. The number of halogens is 1. The van der Waals surface area contributed by atoms with Gasteiger partial charge >= 0.3 is 0 Å². The minimum absolute atomic E-state index is 0.291. The van der Waals surface area contributed by atoms with Crippen LogP contribution >= 0.6 is 0 Å². The van der Waals surface area contributed by atoms with Crippen molar-refractivity contribution in [3.8, 4) is 5.69 Å². The van der Waals surface area contributed by atoms with Gasteiger partial charge in [-0.15, -0.1) is 0 Å².